The molecule has 5 aliphatic carbocycles. The molecule has 1 heterocycles. The Morgan fingerprint density at radius 3 is 2.61 bits per heavy atom. The predicted molar refractivity (Wildman–Crippen MR) is 152 cm³/mol. The average molecular weight is 472 g/mol. The molecule has 1 nitrogen and oxygen atoms in total. The van der Waals surface area contributed by atoms with Crippen LogP contribution in [-0.4, -0.2) is 12.8 Å². The van der Waals surface area contributed by atoms with Gasteiger partial charge in [-0.05, 0) is 126 Å². The van der Waals surface area contributed by atoms with Crippen molar-refractivity contribution in [3.8, 4) is 0 Å². The number of rotatable bonds is 3. The summed E-state index contributed by atoms with van der Waals surface area (Å²) in [6.45, 7) is 0.987. The van der Waals surface area contributed by atoms with Crippen molar-refractivity contribution < 1.29 is 0 Å². The zero-order valence-electron chi connectivity index (χ0n) is 21.4. The quantitative estimate of drug-likeness (QED) is 0.447. The van der Waals surface area contributed by atoms with E-state index in [0.717, 1.165) is 25.3 Å². The first kappa shape index (κ1) is 22.3. The normalized spacial score (nSPS) is 29.2. The topological polar surface area (TPSA) is 12.4 Å². The number of fused-ring (bicyclic) bond motifs is 3. The molecule has 0 fully saturated rings. The Kier molecular flexibility index (Phi) is 5.88. The summed E-state index contributed by atoms with van der Waals surface area (Å²) in [5, 5.41) is 2.94. The number of nitrogens with zero attached hydrogens (tertiary/aromatic N) is 1. The van der Waals surface area contributed by atoms with Gasteiger partial charge in [-0.15, -0.1) is 0 Å². The van der Waals surface area contributed by atoms with Crippen LogP contribution >= 0.6 is 0 Å². The maximum atomic E-state index is 4.59. The minimum absolute atomic E-state index is 0.523. The van der Waals surface area contributed by atoms with Gasteiger partial charge in [0.15, 0.2) is 0 Å². The molecule has 0 saturated heterocycles. The lowest BCUT2D eigenvalue weighted by atomic mass is 9.68. The molecule has 0 saturated carbocycles. The first-order valence-electron chi connectivity index (χ1n) is 14.4. The van der Waals surface area contributed by atoms with E-state index in [-0.39, 0.29) is 0 Å². The second-order valence-electron chi connectivity index (χ2n) is 11.4. The molecular formula is C35H37N. The molecule has 0 N–H and O–H groups in total. The van der Waals surface area contributed by atoms with Crippen molar-refractivity contribution in [1.82, 2.24) is 0 Å². The third-order valence-electron chi connectivity index (χ3n) is 9.41. The van der Waals surface area contributed by atoms with Gasteiger partial charge >= 0.3 is 0 Å². The first-order valence-corrected chi connectivity index (χ1v) is 14.4. The molecule has 3 unspecified atom stereocenters. The maximum Gasteiger partial charge on any atom is 0.0451 e. The molecular weight excluding hydrogens is 434 g/mol. The fraction of sp³-hybridized carbons (Fsp3) is 0.400. The van der Waals surface area contributed by atoms with Crippen molar-refractivity contribution in [2.45, 2.75) is 64.2 Å². The van der Waals surface area contributed by atoms with Crippen LogP contribution in [0.3, 0.4) is 0 Å². The summed E-state index contributed by atoms with van der Waals surface area (Å²) in [5.74, 6) is 1.90. The van der Waals surface area contributed by atoms with Crippen molar-refractivity contribution in [3.05, 3.63) is 105 Å². The summed E-state index contributed by atoms with van der Waals surface area (Å²) in [5.41, 5.74) is 11.0. The predicted octanol–water partition coefficient (Wildman–Crippen LogP) is 7.08. The number of hydrogen-bond donors (Lipinski definition) is 0. The van der Waals surface area contributed by atoms with E-state index in [9.17, 15) is 0 Å². The Labute approximate surface area is 215 Å². The lowest BCUT2D eigenvalue weighted by Gasteiger charge is -2.36. The van der Waals surface area contributed by atoms with Crippen LogP contribution in [0.15, 0.2) is 99.7 Å². The molecule has 36 heavy (non-hydrogen) atoms. The van der Waals surface area contributed by atoms with Crippen molar-refractivity contribution in [3.63, 3.8) is 0 Å². The van der Waals surface area contributed by atoms with E-state index in [1.54, 1.807) is 33.4 Å². The smallest absolute Gasteiger partial charge is 0.0451 e. The van der Waals surface area contributed by atoms with Crippen LogP contribution < -0.4 is 10.4 Å². The molecule has 1 aliphatic heterocycles. The van der Waals surface area contributed by atoms with Crippen LogP contribution in [0, 0.1) is 17.8 Å². The van der Waals surface area contributed by atoms with Crippen LogP contribution in [0.1, 0.15) is 64.2 Å². The van der Waals surface area contributed by atoms with Crippen LogP contribution in [-0.2, 0) is 0 Å². The van der Waals surface area contributed by atoms with Crippen LogP contribution in [0.25, 0.3) is 11.1 Å². The largest absolute Gasteiger partial charge is 0.297 e. The molecule has 0 bridgehead atoms. The highest BCUT2D eigenvalue weighted by Crippen LogP contribution is 2.46. The number of hydrogen-bond acceptors (Lipinski definition) is 1. The number of allylic oxidation sites excluding steroid dienone is 11. The Morgan fingerprint density at radius 1 is 0.833 bits per heavy atom. The van der Waals surface area contributed by atoms with Gasteiger partial charge in [0.25, 0.3) is 0 Å². The summed E-state index contributed by atoms with van der Waals surface area (Å²) < 4.78 is 0. The molecule has 0 amide bonds. The van der Waals surface area contributed by atoms with Crippen molar-refractivity contribution in [2.24, 2.45) is 22.7 Å². The van der Waals surface area contributed by atoms with E-state index in [0.29, 0.717) is 11.8 Å². The number of aliphatic imine (C=N–C) groups is 1. The highest BCUT2D eigenvalue weighted by Gasteiger charge is 2.33. The molecule has 182 valence electrons. The van der Waals surface area contributed by atoms with Gasteiger partial charge in [-0.2, -0.15) is 0 Å². The Hall–Kier alpha value is -2.93. The second kappa shape index (κ2) is 9.51. The second-order valence-corrected chi connectivity index (χ2v) is 11.4. The van der Waals surface area contributed by atoms with Gasteiger partial charge in [-0.3, -0.25) is 4.99 Å². The number of benzene rings is 1. The van der Waals surface area contributed by atoms with E-state index in [2.05, 4.69) is 78.0 Å². The van der Waals surface area contributed by atoms with Gasteiger partial charge in [-0.1, -0.05) is 72.4 Å². The average Bonchev–Trinajstić information content (AvgIpc) is 2.96. The Balaban J connectivity index is 1.39. The molecule has 1 aromatic rings. The molecule has 6 aliphatic rings. The summed E-state index contributed by atoms with van der Waals surface area (Å²) in [4.78, 5) is 4.59. The lowest BCUT2D eigenvalue weighted by Crippen LogP contribution is -2.38. The van der Waals surface area contributed by atoms with Crippen molar-refractivity contribution in [2.75, 3.05) is 6.54 Å². The van der Waals surface area contributed by atoms with Gasteiger partial charge in [0.1, 0.15) is 0 Å². The monoisotopic (exact) mass is 471 g/mol. The van der Waals surface area contributed by atoms with Crippen LogP contribution in [0.2, 0.25) is 0 Å². The summed E-state index contributed by atoms with van der Waals surface area (Å²) in [7, 11) is 0. The third-order valence-corrected chi connectivity index (χ3v) is 9.41. The fourth-order valence-corrected chi connectivity index (χ4v) is 7.55. The standard InChI is InChI=1S/C35H37N/c1-2-9-27-22-28(20-17-24(27)8-1)35-32-13-5-3-11-30(32)34(31-12-4-6-14-33(31)35)26-18-15-25(16-19-26)29-10-7-21-36-23-29/h2-3,5,9,11-13,15,18,20-22,24,29,33H,1,4,6-8,10,14,16-17,19,23H2. The van der Waals surface area contributed by atoms with Gasteiger partial charge in [0.2, 0.25) is 0 Å². The summed E-state index contributed by atoms with van der Waals surface area (Å²) in [6, 6.07) is 9.30. The molecule has 7 rings (SSSR count). The van der Waals surface area contributed by atoms with Gasteiger partial charge < -0.3 is 0 Å². The molecule has 0 radical (unpaired) electrons. The maximum absolute atomic E-state index is 4.59. The van der Waals surface area contributed by atoms with E-state index < -0.39 is 0 Å². The van der Waals surface area contributed by atoms with E-state index in [4.69, 9.17) is 0 Å². The Morgan fingerprint density at radius 2 is 1.75 bits per heavy atom. The van der Waals surface area contributed by atoms with Crippen LogP contribution in [0.5, 0.6) is 0 Å². The Bertz CT molecular complexity index is 1420. The molecule has 0 spiro atoms. The lowest BCUT2D eigenvalue weighted by molar-refractivity contribution is 0.546. The third kappa shape index (κ3) is 3.88. The molecule has 1 heteroatoms. The van der Waals surface area contributed by atoms with Crippen molar-refractivity contribution >= 4 is 17.4 Å². The summed E-state index contributed by atoms with van der Waals surface area (Å²) >= 11 is 0. The zero-order chi connectivity index (χ0) is 23.9. The van der Waals surface area contributed by atoms with E-state index >= 15 is 0 Å². The fourth-order valence-electron chi connectivity index (χ4n) is 7.55. The van der Waals surface area contributed by atoms with Crippen LogP contribution in [0.4, 0.5) is 0 Å². The highest BCUT2D eigenvalue weighted by molar-refractivity contribution is 5.89. The molecule has 1 aromatic carbocycles. The van der Waals surface area contributed by atoms with E-state index in [1.807, 2.05) is 0 Å². The SMILES string of the molecule is C1=CC2=CC(C3=c4ccccc4=C(C4=CC=C(C5CCC=NC5)CC4)C4=CCCCC43)=CCC2CC1. The van der Waals surface area contributed by atoms with Gasteiger partial charge in [0.05, 0.1) is 0 Å². The molecule has 3 atom stereocenters. The minimum atomic E-state index is 0.523. The zero-order valence-corrected chi connectivity index (χ0v) is 21.4. The molecule has 0 aromatic heterocycles. The van der Waals surface area contributed by atoms with Crippen molar-refractivity contribution in [1.29, 1.82) is 0 Å². The highest BCUT2D eigenvalue weighted by atomic mass is 14.7. The van der Waals surface area contributed by atoms with E-state index in [1.165, 1.54) is 67.4 Å². The minimum Gasteiger partial charge on any atom is -0.297 e. The van der Waals surface area contributed by atoms with Gasteiger partial charge in [-0.25, -0.2) is 0 Å². The first-order chi connectivity index (χ1) is 17.9. The summed E-state index contributed by atoms with van der Waals surface area (Å²) in [6.07, 6.45) is 31.8. The van der Waals surface area contributed by atoms with Gasteiger partial charge in [0, 0.05) is 12.5 Å².